The quantitative estimate of drug-likeness (QED) is 0.541. The molecular formula is C20H20F3N5OS. The molecular weight excluding hydrogens is 415 g/mol. The van der Waals surface area contributed by atoms with Gasteiger partial charge in [-0.1, -0.05) is 20.8 Å². The fraction of sp³-hybridized carbons (Fsp3) is 0.300. The Kier molecular flexibility index (Phi) is 6.45. The van der Waals surface area contributed by atoms with Gasteiger partial charge in [-0.2, -0.15) is 18.3 Å². The number of anilines is 1. The van der Waals surface area contributed by atoms with E-state index < -0.39 is 11.7 Å². The Bertz CT molecular complexity index is 1010. The first-order valence-electron chi connectivity index (χ1n) is 9.22. The van der Waals surface area contributed by atoms with Gasteiger partial charge in [0.2, 0.25) is 0 Å². The van der Waals surface area contributed by atoms with Crippen LogP contribution in [0.15, 0.2) is 47.9 Å². The van der Waals surface area contributed by atoms with Crippen LogP contribution in [0.25, 0.3) is 5.82 Å². The molecule has 0 bridgehead atoms. The fourth-order valence-corrected chi connectivity index (χ4v) is 3.42. The second kappa shape index (κ2) is 8.86. The zero-order valence-electron chi connectivity index (χ0n) is 16.6. The maximum atomic E-state index is 12.8. The molecule has 1 amide bonds. The van der Waals surface area contributed by atoms with Gasteiger partial charge in [-0.3, -0.25) is 4.79 Å². The number of nitrogens with one attached hydrogen (secondary N) is 1. The number of rotatable bonds is 6. The molecule has 0 aliphatic carbocycles. The average molecular weight is 435 g/mol. The molecule has 0 fully saturated rings. The summed E-state index contributed by atoms with van der Waals surface area (Å²) < 4.78 is 39.8. The van der Waals surface area contributed by atoms with Crippen LogP contribution in [0.4, 0.5) is 18.9 Å². The highest BCUT2D eigenvalue weighted by molar-refractivity contribution is 7.99. The summed E-state index contributed by atoms with van der Waals surface area (Å²) in [5.41, 5.74) is 0.555. The lowest BCUT2D eigenvalue weighted by atomic mass is 10.1. The van der Waals surface area contributed by atoms with Gasteiger partial charge in [-0.05, 0) is 35.9 Å². The third-order valence-electron chi connectivity index (χ3n) is 4.18. The van der Waals surface area contributed by atoms with E-state index >= 15 is 0 Å². The molecule has 0 unspecified atom stereocenters. The number of carbonyl (C=O) groups is 1. The van der Waals surface area contributed by atoms with Crippen molar-refractivity contribution in [2.75, 3.05) is 11.1 Å². The molecule has 0 aliphatic heterocycles. The largest absolute Gasteiger partial charge is 0.417 e. The molecule has 0 atom stereocenters. The first-order valence-corrected chi connectivity index (χ1v) is 10.2. The normalized spacial score (nSPS) is 11.7. The van der Waals surface area contributed by atoms with Gasteiger partial charge in [0.05, 0.1) is 39.9 Å². The van der Waals surface area contributed by atoms with Crippen molar-refractivity contribution < 1.29 is 18.0 Å². The van der Waals surface area contributed by atoms with Crippen LogP contribution in [0.1, 0.15) is 48.3 Å². The molecule has 0 saturated heterocycles. The predicted octanol–water partition coefficient (Wildman–Crippen LogP) is 5.17. The van der Waals surface area contributed by atoms with E-state index in [1.807, 2.05) is 26.8 Å². The van der Waals surface area contributed by atoms with Crippen LogP contribution in [0.3, 0.4) is 0 Å². The second-order valence-electron chi connectivity index (χ2n) is 6.69. The molecule has 3 heterocycles. The number of thioether (sulfide) groups is 1. The van der Waals surface area contributed by atoms with Gasteiger partial charge in [-0.15, -0.1) is 11.8 Å². The second-order valence-corrected chi connectivity index (χ2v) is 7.97. The Morgan fingerprint density at radius 3 is 2.43 bits per heavy atom. The van der Waals surface area contributed by atoms with Crippen molar-refractivity contribution in [3.63, 3.8) is 0 Å². The standard InChI is InChI=1S/C20H20F3N5OS/c1-4-30-17-8-6-14(10-25-17)27-19(29)15-11-26-28(18(15)12(2)3)16-7-5-13(9-24-16)20(21,22)23/h5-12H,4H2,1-3H3,(H,27,29). The van der Waals surface area contributed by atoms with E-state index in [0.717, 1.165) is 23.0 Å². The molecule has 0 aromatic carbocycles. The number of carbonyl (C=O) groups excluding carboxylic acids is 1. The monoisotopic (exact) mass is 435 g/mol. The van der Waals surface area contributed by atoms with Crippen molar-refractivity contribution >= 4 is 23.4 Å². The topological polar surface area (TPSA) is 72.7 Å². The molecule has 6 nitrogen and oxygen atoms in total. The van der Waals surface area contributed by atoms with Gasteiger partial charge in [0, 0.05) is 6.20 Å². The van der Waals surface area contributed by atoms with Crippen LogP contribution in [0.2, 0.25) is 0 Å². The molecule has 30 heavy (non-hydrogen) atoms. The van der Waals surface area contributed by atoms with Crippen molar-refractivity contribution in [1.82, 2.24) is 19.7 Å². The predicted molar refractivity (Wildman–Crippen MR) is 109 cm³/mol. The number of amides is 1. The summed E-state index contributed by atoms with van der Waals surface area (Å²) in [6.45, 7) is 5.76. The minimum atomic E-state index is -4.47. The lowest BCUT2D eigenvalue weighted by Crippen LogP contribution is -2.16. The zero-order chi connectivity index (χ0) is 21.9. The van der Waals surface area contributed by atoms with E-state index in [1.54, 1.807) is 24.0 Å². The Labute approximate surface area is 175 Å². The third kappa shape index (κ3) is 4.81. The highest BCUT2D eigenvalue weighted by atomic mass is 32.2. The van der Waals surface area contributed by atoms with E-state index in [9.17, 15) is 18.0 Å². The Morgan fingerprint density at radius 1 is 1.13 bits per heavy atom. The minimum absolute atomic E-state index is 0.126. The summed E-state index contributed by atoms with van der Waals surface area (Å²) in [7, 11) is 0. The highest BCUT2D eigenvalue weighted by Gasteiger charge is 2.31. The maximum absolute atomic E-state index is 12.8. The lowest BCUT2D eigenvalue weighted by Gasteiger charge is -2.13. The summed E-state index contributed by atoms with van der Waals surface area (Å²) >= 11 is 1.59. The van der Waals surface area contributed by atoms with Gasteiger partial charge < -0.3 is 5.32 Å². The summed E-state index contributed by atoms with van der Waals surface area (Å²) in [4.78, 5) is 21.0. The molecule has 3 aromatic rings. The number of nitrogens with zero attached hydrogens (tertiary/aromatic N) is 4. The molecule has 0 saturated carbocycles. The molecule has 1 N–H and O–H groups in total. The molecule has 0 radical (unpaired) electrons. The van der Waals surface area contributed by atoms with Gasteiger partial charge in [0.1, 0.15) is 0 Å². The fourth-order valence-electron chi connectivity index (χ4n) is 2.84. The molecule has 0 aliphatic rings. The summed E-state index contributed by atoms with van der Waals surface area (Å²) in [5.74, 6) is 0.592. The minimum Gasteiger partial charge on any atom is -0.320 e. The number of aromatic nitrogens is 4. The van der Waals surface area contributed by atoms with Crippen molar-refractivity contribution in [1.29, 1.82) is 0 Å². The van der Waals surface area contributed by atoms with Crippen molar-refractivity contribution in [2.45, 2.75) is 37.9 Å². The van der Waals surface area contributed by atoms with Gasteiger partial charge in [0.25, 0.3) is 5.91 Å². The van der Waals surface area contributed by atoms with E-state index in [4.69, 9.17) is 0 Å². The van der Waals surface area contributed by atoms with Gasteiger partial charge in [-0.25, -0.2) is 14.6 Å². The van der Waals surface area contributed by atoms with E-state index in [0.29, 0.717) is 16.9 Å². The van der Waals surface area contributed by atoms with Crippen LogP contribution in [-0.2, 0) is 6.18 Å². The van der Waals surface area contributed by atoms with E-state index in [2.05, 4.69) is 20.4 Å². The van der Waals surface area contributed by atoms with E-state index in [-0.39, 0.29) is 17.6 Å². The maximum Gasteiger partial charge on any atom is 0.417 e. The number of alkyl halides is 3. The Morgan fingerprint density at radius 2 is 1.90 bits per heavy atom. The highest BCUT2D eigenvalue weighted by Crippen LogP contribution is 2.29. The number of pyridine rings is 2. The van der Waals surface area contributed by atoms with Crippen molar-refractivity contribution in [3.05, 3.63) is 59.7 Å². The SMILES string of the molecule is CCSc1ccc(NC(=O)c2cnn(-c3ccc(C(F)(F)F)cn3)c2C(C)C)cn1. The first kappa shape index (κ1) is 21.8. The van der Waals surface area contributed by atoms with Gasteiger partial charge >= 0.3 is 6.18 Å². The summed E-state index contributed by atoms with van der Waals surface area (Å²) in [6.07, 6.45) is -0.755. The van der Waals surface area contributed by atoms with Gasteiger partial charge in [0.15, 0.2) is 5.82 Å². The van der Waals surface area contributed by atoms with Crippen LogP contribution in [0, 0.1) is 0 Å². The summed E-state index contributed by atoms with van der Waals surface area (Å²) in [5, 5.41) is 7.84. The number of hydrogen-bond acceptors (Lipinski definition) is 5. The zero-order valence-corrected chi connectivity index (χ0v) is 17.4. The Balaban J connectivity index is 1.87. The molecule has 158 valence electrons. The van der Waals surface area contributed by atoms with Crippen LogP contribution in [-0.4, -0.2) is 31.4 Å². The van der Waals surface area contributed by atoms with Crippen molar-refractivity contribution in [2.24, 2.45) is 0 Å². The van der Waals surface area contributed by atoms with Crippen LogP contribution >= 0.6 is 11.8 Å². The molecule has 0 spiro atoms. The number of halogens is 3. The van der Waals surface area contributed by atoms with E-state index in [1.165, 1.54) is 16.9 Å². The van der Waals surface area contributed by atoms with Crippen LogP contribution < -0.4 is 5.32 Å². The third-order valence-corrected chi connectivity index (χ3v) is 5.00. The summed E-state index contributed by atoms with van der Waals surface area (Å²) in [6, 6.07) is 5.76. The van der Waals surface area contributed by atoms with Crippen LogP contribution in [0.5, 0.6) is 0 Å². The molecule has 3 aromatic heterocycles. The molecule has 3 rings (SSSR count). The lowest BCUT2D eigenvalue weighted by molar-refractivity contribution is -0.137. The first-order chi connectivity index (χ1) is 14.2. The average Bonchev–Trinajstić information content (AvgIpc) is 3.15. The molecule has 10 heteroatoms. The Hall–Kier alpha value is -2.88. The number of hydrogen-bond donors (Lipinski definition) is 1. The smallest absolute Gasteiger partial charge is 0.320 e. The van der Waals surface area contributed by atoms with Crippen molar-refractivity contribution in [3.8, 4) is 5.82 Å².